The third-order valence-corrected chi connectivity index (χ3v) is 3.82. The number of nitrogens with zero attached hydrogens (tertiary/aromatic N) is 3. The van der Waals surface area contributed by atoms with Crippen molar-refractivity contribution in [1.29, 1.82) is 0 Å². The molecule has 8 nitrogen and oxygen atoms in total. The summed E-state index contributed by atoms with van der Waals surface area (Å²) in [5, 5.41) is 10.1. The van der Waals surface area contributed by atoms with Gasteiger partial charge in [-0.05, 0) is 12.2 Å². The molecule has 8 heteroatoms. The van der Waals surface area contributed by atoms with Crippen LogP contribution in [0.4, 0.5) is 5.82 Å². The van der Waals surface area contributed by atoms with Gasteiger partial charge < -0.3 is 14.8 Å². The molecule has 2 atom stereocenters. The van der Waals surface area contributed by atoms with Crippen molar-refractivity contribution in [2.24, 2.45) is 0 Å². The van der Waals surface area contributed by atoms with Crippen LogP contribution in [0.5, 0.6) is 0 Å². The zero-order valence-electron chi connectivity index (χ0n) is 11.5. The van der Waals surface area contributed by atoms with Gasteiger partial charge in [0.1, 0.15) is 16.9 Å². The number of aromatic amines is 1. The second-order valence-electron chi connectivity index (χ2n) is 4.87. The summed E-state index contributed by atoms with van der Waals surface area (Å²) >= 11 is 0. The SMILES string of the molecule is COC1=CC2Nc3c4[nH]ncc4nc(=O)n3C2C=C1OC. The smallest absolute Gasteiger partial charge is 0.350 e. The van der Waals surface area contributed by atoms with Gasteiger partial charge in [0.05, 0.1) is 32.5 Å². The molecular weight excluding hydrogens is 274 g/mol. The first kappa shape index (κ1) is 12.0. The zero-order chi connectivity index (χ0) is 14.6. The van der Waals surface area contributed by atoms with Gasteiger partial charge in [-0.2, -0.15) is 10.1 Å². The summed E-state index contributed by atoms with van der Waals surface area (Å²) in [4.78, 5) is 16.3. The molecule has 2 N–H and O–H groups in total. The largest absolute Gasteiger partial charge is 0.493 e. The summed E-state index contributed by atoms with van der Waals surface area (Å²) in [6.07, 6.45) is 5.30. The molecule has 108 valence electrons. The topological polar surface area (TPSA) is 94.1 Å². The Labute approximate surface area is 119 Å². The van der Waals surface area contributed by atoms with Gasteiger partial charge in [0.15, 0.2) is 11.5 Å². The van der Waals surface area contributed by atoms with E-state index in [0.717, 1.165) is 0 Å². The van der Waals surface area contributed by atoms with E-state index >= 15 is 0 Å². The Morgan fingerprint density at radius 1 is 1.24 bits per heavy atom. The van der Waals surface area contributed by atoms with Crippen LogP contribution in [0.3, 0.4) is 0 Å². The molecule has 0 fully saturated rings. The number of hydrogen-bond donors (Lipinski definition) is 2. The van der Waals surface area contributed by atoms with Gasteiger partial charge in [0, 0.05) is 0 Å². The molecule has 3 heterocycles. The van der Waals surface area contributed by atoms with E-state index in [1.165, 1.54) is 6.20 Å². The van der Waals surface area contributed by atoms with E-state index in [4.69, 9.17) is 9.47 Å². The molecule has 0 spiro atoms. The summed E-state index contributed by atoms with van der Waals surface area (Å²) in [6, 6.07) is -0.302. The number of ether oxygens (including phenoxy) is 2. The van der Waals surface area contributed by atoms with E-state index < -0.39 is 0 Å². The van der Waals surface area contributed by atoms with Crippen LogP contribution in [0.1, 0.15) is 6.04 Å². The van der Waals surface area contributed by atoms with E-state index in [0.29, 0.717) is 28.4 Å². The highest BCUT2D eigenvalue weighted by molar-refractivity contribution is 5.86. The molecule has 21 heavy (non-hydrogen) atoms. The quantitative estimate of drug-likeness (QED) is 0.836. The van der Waals surface area contributed by atoms with Crippen LogP contribution in [-0.2, 0) is 9.47 Å². The first-order chi connectivity index (χ1) is 10.2. The second kappa shape index (κ2) is 4.11. The van der Waals surface area contributed by atoms with Crippen LogP contribution in [0.2, 0.25) is 0 Å². The molecule has 2 unspecified atom stereocenters. The molecule has 0 bridgehead atoms. The number of rotatable bonds is 2. The van der Waals surface area contributed by atoms with Crippen molar-refractivity contribution >= 4 is 16.9 Å². The minimum absolute atomic E-state index is 0.0951. The van der Waals surface area contributed by atoms with Crippen molar-refractivity contribution in [1.82, 2.24) is 19.7 Å². The van der Waals surface area contributed by atoms with Crippen LogP contribution >= 0.6 is 0 Å². The van der Waals surface area contributed by atoms with Crippen LogP contribution in [-0.4, -0.2) is 40.0 Å². The van der Waals surface area contributed by atoms with E-state index in [9.17, 15) is 4.79 Å². The lowest BCUT2D eigenvalue weighted by Crippen LogP contribution is -2.29. The Kier molecular flexibility index (Phi) is 2.35. The highest BCUT2D eigenvalue weighted by atomic mass is 16.5. The number of aromatic nitrogens is 4. The molecule has 0 amide bonds. The van der Waals surface area contributed by atoms with Gasteiger partial charge in [-0.25, -0.2) is 4.79 Å². The van der Waals surface area contributed by atoms with Crippen LogP contribution in [0.25, 0.3) is 11.0 Å². The fourth-order valence-electron chi connectivity index (χ4n) is 2.87. The Balaban J connectivity index is 1.94. The lowest BCUT2D eigenvalue weighted by Gasteiger charge is -2.22. The Morgan fingerprint density at radius 3 is 2.76 bits per heavy atom. The number of anilines is 1. The van der Waals surface area contributed by atoms with Crippen molar-refractivity contribution < 1.29 is 9.47 Å². The van der Waals surface area contributed by atoms with E-state index in [1.54, 1.807) is 18.8 Å². The molecule has 0 saturated carbocycles. The molecule has 4 rings (SSSR count). The average Bonchev–Trinajstić information content (AvgIpc) is 3.08. The minimum Gasteiger partial charge on any atom is -0.493 e. The molecule has 2 aliphatic rings. The van der Waals surface area contributed by atoms with Gasteiger partial charge >= 0.3 is 5.69 Å². The summed E-state index contributed by atoms with van der Waals surface area (Å²) in [5.41, 5.74) is 0.938. The highest BCUT2D eigenvalue weighted by Crippen LogP contribution is 2.37. The number of nitrogens with one attached hydrogen (secondary N) is 2. The van der Waals surface area contributed by atoms with Gasteiger partial charge in [-0.1, -0.05) is 0 Å². The molecule has 2 aromatic rings. The van der Waals surface area contributed by atoms with Gasteiger partial charge in [-0.15, -0.1) is 0 Å². The maximum absolute atomic E-state index is 12.3. The molecule has 0 saturated heterocycles. The van der Waals surface area contributed by atoms with Crippen molar-refractivity contribution in [3.05, 3.63) is 40.4 Å². The van der Waals surface area contributed by atoms with Crippen LogP contribution < -0.4 is 11.0 Å². The lowest BCUT2D eigenvalue weighted by molar-refractivity contribution is 0.211. The van der Waals surface area contributed by atoms with E-state index in [2.05, 4.69) is 20.5 Å². The van der Waals surface area contributed by atoms with Crippen molar-refractivity contribution in [3.8, 4) is 0 Å². The Hall–Kier alpha value is -2.77. The standard InChI is InChI=1S/C13H13N5O3/c1-20-9-3-6-8(4-10(9)21-2)18-12(15-6)11-7(5-14-17-11)16-13(18)19/h3-6,8,15,17H,1-2H3. The lowest BCUT2D eigenvalue weighted by atomic mass is 10.0. The van der Waals surface area contributed by atoms with Crippen molar-refractivity contribution in [3.63, 3.8) is 0 Å². The first-order valence-corrected chi connectivity index (χ1v) is 6.47. The summed E-state index contributed by atoms with van der Waals surface area (Å²) in [6.45, 7) is 0. The fraction of sp³-hybridized carbons (Fsp3) is 0.308. The summed E-state index contributed by atoms with van der Waals surface area (Å²) in [7, 11) is 3.16. The molecule has 0 aromatic carbocycles. The van der Waals surface area contributed by atoms with Gasteiger partial charge in [-0.3, -0.25) is 9.67 Å². The van der Waals surface area contributed by atoms with Crippen LogP contribution in [0.15, 0.2) is 34.7 Å². The highest BCUT2D eigenvalue weighted by Gasteiger charge is 2.36. The summed E-state index contributed by atoms with van der Waals surface area (Å²) < 4.78 is 12.2. The maximum atomic E-state index is 12.3. The normalized spacial score (nSPS) is 23.0. The number of methoxy groups -OCH3 is 2. The van der Waals surface area contributed by atoms with Crippen LogP contribution in [0, 0.1) is 0 Å². The monoisotopic (exact) mass is 287 g/mol. The molecule has 1 aliphatic carbocycles. The van der Waals surface area contributed by atoms with Crippen molar-refractivity contribution in [2.75, 3.05) is 19.5 Å². The number of hydrogen-bond acceptors (Lipinski definition) is 6. The van der Waals surface area contributed by atoms with Crippen molar-refractivity contribution in [2.45, 2.75) is 12.1 Å². The molecule has 0 radical (unpaired) electrons. The first-order valence-electron chi connectivity index (χ1n) is 6.47. The molecule has 1 aliphatic heterocycles. The van der Waals surface area contributed by atoms with Gasteiger partial charge in [0.25, 0.3) is 0 Å². The third kappa shape index (κ3) is 1.52. The maximum Gasteiger partial charge on any atom is 0.350 e. The third-order valence-electron chi connectivity index (χ3n) is 3.82. The molecule has 2 aromatic heterocycles. The minimum atomic E-state index is -0.320. The Morgan fingerprint density at radius 2 is 2.00 bits per heavy atom. The zero-order valence-corrected chi connectivity index (χ0v) is 11.5. The fourth-order valence-corrected chi connectivity index (χ4v) is 2.87. The predicted octanol–water partition coefficient (Wildman–Crippen LogP) is 0.529. The number of fused-ring (bicyclic) bond motifs is 5. The average molecular weight is 287 g/mol. The number of H-pyrrole nitrogens is 1. The summed E-state index contributed by atoms with van der Waals surface area (Å²) in [5.74, 6) is 1.92. The second-order valence-corrected chi connectivity index (χ2v) is 4.87. The molecular formula is C13H13N5O3. The Bertz CT molecular complexity index is 847. The van der Waals surface area contributed by atoms with E-state index in [1.807, 2.05) is 12.2 Å². The predicted molar refractivity (Wildman–Crippen MR) is 74.8 cm³/mol. The van der Waals surface area contributed by atoms with E-state index in [-0.39, 0.29) is 17.8 Å². The van der Waals surface area contributed by atoms with Gasteiger partial charge in [0.2, 0.25) is 0 Å².